The molecule has 28 heavy (non-hydrogen) atoms. The van der Waals surface area contributed by atoms with Crippen molar-refractivity contribution in [2.45, 2.75) is 32.7 Å². The van der Waals surface area contributed by atoms with Crippen LogP contribution in [-0.2, 0) is 18.3 Å². The Morgan fingerprint density at radius 1 is 1.14 bits per heavy atom. The zero-order valence-electron chi connectivity index (χ0n) is 17.5. The summed E-state index contributed by atoms with van der Waals surface area (Å²) in [6.07, 6.45) is 0.986. The molecule has 1 unspecified atom stereocenters. The summed E-state index contributed by atoms with van der Waals surface area (Å²) in [5.74, 6) is 3.77. The number of hydrogen-bond donors (Lipinski definition) is 2. The minimum Gasteiger partial charge on any atom is -0.497 e. The van der Waals surface area contributed by atoms with Crippen LogP contribution in [0, 0.1) is 6.92 Å². The predicted molar refractivity (Wildman–Crippen MR) is 111 cm³/mol. The van der Waals surface area contributed by atoms with Crippen molar-refractivity contribution < 1.29 is 9.47 Å². The molecule has 1 aromatic carbocycles. The van der Waals surface area contributed by atoms with Gasteiger partial charge in [0.15, 0.2) is 11.8 Å². The standard InChI is InChI=1S/C20H32N6O2/c1-15(17-6-8-18(28-5)9-7-17)10-11-21-20(22-12-13-27-4)23-14-19-25-24-16(2)26(19)3/h6-9,15H,10-14H2,1-5H3,(H2,21,22,23). The van der Waals surface area contributed by atoms with Gasteiger partial charge in [0.2, 0.25) is 0 Å². The summed E-state index contributed by atoms with van der Waals surface area (Å²) in [4.78, 5) is 4.63. The molecule has 0 spiro atoms. The van der Waals surface area contributed by atoms with Crippen molar-refractivity contribution in [1.82, 2.24) is 25.4 Å². The Morgan fingerprint density at radius 3 is 2.46 bits per heavy atom. The molecule has 1 heterocycles. The molecule has 0 bridgehead atoms. The van der Waals surface area contributed by atoms with Gasteiger partial charge >= 0.3 is 0 Å². The van der Waals surface area contributed by atoms with Crippen LogP contribution in [0.1, 0.15) is 36.5 Å². The lowest BCUT2D eigenvalue weighted by atomic mass is 9.98. The van der Waals surface area contributed by atoms with Crippen LogP contribution in [0.25, 0.3) is 0 Å². The van der Waals surface area contributed by atoms with Crippen molar-refractivity contribution in [1.29, 1.82) is 0 Å². The number of ether oxygens (including phenoxy) is 2. The second-order valence-corrected chi connectivity index (χ2v) is 6.70. The van der Waals surface area contributed by atoms with Crippen molar-refractivity contribution >= 4 is 5.96 Å². The van der Waals surface area contributed by atoms with Gasteiger partial charge in [0.05, 0.1) is 13.7 Å². The summed E-state index contributed by atoms with van der Waals surface area (Å²) in [6.45, 7) is 6.73. The van der Waals surface area contributed by atoms with Gasteiger partial charge in [0.25, 0.3) is 0 Å². The molecule has 8 nitrogen and oxygen atoms in total. The zero-order valence-corrected chi connectivity index (χ0v) is 17.5. The van der Waals surface area contributed by atoms with Gasteiger partial charge in [0, 0.05) is 27.2 Å². The van der Waals surface area contributed by atoms with Crippen LogP contribution in [-0.4, -0.2) is 54.6 Å². The molecule has 0 saturated carbocycles. The van der Waals surface area contributed by atoms with E-state index in [2.05, 4.69) is 44.9 Å². The quantitative estimate of drug-likeness (QED) is 0.368. The maximum Gasteiger partial charge on any atom is 0.191 e. The number of nitrogens with zero attached hydrogens (tertiary/aromatic N) is 4. The number of guanidine groups is 1. The van der Waals surface area contributed by atoms with Crippen molar-refractivity contribution in [2.75, 3.05) is 33.9 Å². The molecule has 2 N–H and O–H groups in total. The van der Waals surface area contributed by atoms with Crippen LogP contribution >= 0.6 is 0 Å². The number of methoxy groups -OCH3 is 2. The zero-order chi connectivity index (χ0) is 20.4. The second kappa shape index (κ2) is 11.3. The smallest absolute Gasteiger partial charge is 0.191 e. The minimum atomic E-state index is 0.431. The number of aromatic nitrogens is 3. The molecular weight excluding hydrogens is 356 g/mol. The van der Waals surface area contributed by atoms with E-state index in [1.54, 1.807) is 14.2 Å². The SMILES string of the molecule is COCCNC(=NCc1nnc(C)n1C)NCCC(C)c1ccc(OC)cc1. The van der Waals surface area contributed by atoms with Crippen LogP contribution in [0.3, 0.4) is 0 Å². The molecule has 0 saturated heterocycles. The number of aliphatic imine (C=N–C) groups is 1. The Bertz CT molecular complexity index is 742. The highest BCUT2D eigenvalue weighted by Gasteiger charge is 2.08. The van der Waals surface area contributed by atoms with Crippen molar-refractivity contribution in [3.63, 3.8) is 0 Å². The first-order chi connectivity index (χ1) is 13.5. The van der Waals surface area contributed by atoms with Crippen LogP contribution in [0.4, 0.5) is 0 Å². The van der Waals surface area contributed by atoms with Gasteiger partial charge in [-0.3, -0.25) is 0 Å². The van der Waals surface area contributed by atoms with E-state index in [-0.39, 0.29) is 0 Å². The molecule has 8 heteroatoms. The monoisotopic (exact) mass is 388 g/mol. The highest BCUT2D eigenvalue weighted by molar-refractivity contribution is 5.79. The van der Waals surface area contributed by atoms with Gasteiger partial charge in [-0.05, 0) is 37.0 Å². The van der Waals surface area contributed by atoms with Crippen LogP contribution in [0.2, 0.25) is 0 Å². The second-order valence-electron chi connectivity index (χ2n) is 6.70. The Hall–Kier alpha value is -2.61. The Morgan fingerprint density at radius 2 is 1.86 bits per heavy atom. The average molecular weight is 389 g/mol. The molecule has 2 aromatic rings. The van der Waals surface area contributed by atoms with Crippen molar-refractivity contribution in [3.8, 4) is 5.75 Å². The third-order valence-corrected chi connectivity index (χ3v) is 4.71. The largest absolute Gasteiger partial charge is 0.497 e. The number of hydrogen-bond acceptors (Lipinski definition) is 5. The lowest BCUT2D eigenvalue weighted by molar-refractivity contribution is 0.203. The third kappa shape index (κ3) is 6.53. The Labute approximate surface area is 167 Å². The highest BCUT2D eigenvalue weighted by Crippen LogP contribution is 2.21. The summed E-state index contributed by atoms with van der Waals surface area (Å²) < 4.78 is 12.3. The summed E-state index contributed by atoms with van der Waals surface area (Å²) in [5.41, 5.74) is 1.29. The van der Waals surface area contributed by atoms with E-state index in [0.29, 0.717) is 25.6 Å². The molecule has 0 aliphatic heterocycles. The third-order valence-electron chi connectivity index (χ3n) is 4.71. The summed E-state index contributed by atoms with van der Waals surface area (Å²) >= 11 is 0. The van der Waals surface area contributed by atoms with Crippen LogP contribution in [0.5, 0.6) is 5.75 Å². The van der Waals surface area contributed by atoms with E-state index >= 15 is 0 Å². The van der Waals surface area contributed by atoms with E-state index in [0.717, 1.165) is 36.3 Å². The predicted octanol–water partition coefficient (Wildman–Crippen LogP) is 2.01. The maximum atomic E-state index is 5.22. The lowest BCUT2D eigenvalue weighted by Gasteiger charge is -2.16. The first-order valence-electron chi connectivity index (χ1n) is 9.55. The van der Waals surface area contributed by atoms with E-state index < -0.39 is 0 Å². The molecule has 0 amide bonds. The van der Waals surface area contributed by atoms with Gasteiger partial charge in [-0.25, -0.2) is 4.99 Å². The van der Waals surface area contributed by atoms with Crippen molar-refractivity contribution in [3.05, 3.63) is 41.5 Å². The first-order valence-corrected chi connectivity index (χ1v) is 9.55. The Kier molecular flexibility index (Phi) is 8.74. The number of nitrogens with one attached hydrogen (secondary N) is 2. The summed E-state index contributed by atoms with van der Waals surface area (Å²) in [7, 11) is 5.31. The Balaban J connectivity index is 1.89. The number of rotatable bonds is 10. The molecule has 0 radical (unpaired) electrons. The van der Waals surface area contributed by atoms with E-state index in [4.69, 9.17) is 9.47 Å². The molecule has 0 aliphatic rings. The molecule has 2 rings (SSSR count). The number of aryl methyl sites for hydroxylation is 1. The molecular formula is C20H32N6O2. The van der Waals surface area contributed by atoms with Gasteiger partial charge in [-0.15, -0.1) is 10.2 Å². The fourth-order valence-electron chi connectivity index (χ4n) is 2.69. The fourth-order valence-corrected chi connectivity index (χ4v) is 2.69. The molecule has 0 aliphatic carbocycles. The lowest BCUT2D eigenvalue weighted by Crippen LogP contribution is -2.39. The molecule has 0 fully saturated rings. The summed E-state index contributed by atoms with van der Waals surface area (Å²) in [6, 6.07) is 8.24. The van der Waals surface area contributed by atoms with E-state index in [9.17, 15) is 0 Å². The fraction of sp³-hybridized carbons (Fsp3) is 0.550. The van der Waals surface area contributed by atoms with Gasteiger partial charge in [-0.1, -0.05) is 19.1 Å². The minimum absolute atomic E-state index is 0.431. The molecule has 154 valence electrons. The van der Waals surface area contributed by atoms with E-state index in [1.165, 1.54) is 5.56 Å². The molecule has 1 atom stereocenters. The van der Waals surface area contributed by atoms with E-state index in [1.807, 2.05) is 30.7 Å². The molecule has 1 aromatic heterocycles. The maximum absolute atomic E-state index is 5.22. The highest BCUT2D eigenvalue weighted by atomic mass is 16.5. The first kappa shape index (κ1) is 21.7. The number of benzene rings is 1. The normalized spacial score (nSPS) is 12.7. The topological polar surface area (TPSA) is 85.6 Å². The van der Waals surface area contributed by atoms with Gasteiger partial charge in [-0.2, -0.15) is 0 Å². The van der Waals surface area contributed by atoms with Crippen LogP contribution in [0.15, 0.2) is 29.3 Å². The van der Waals surface area contributed by atoms with Crippen LogP contribution < -0.4 is 15.4 Å². The van der Waals surface area contributed by atoms with Gasteiger partial charge in [0.1, 0.15) is 18.1 Å². The average Bonchev–Trinajstić information content (AvgIpc) is 3.03. The van der Waals surface area contributed by atoms with Gasteiger partial charge < -0.3 is 24.7 Å². The summed E-state index contributed by atoms with van der Waals surface area (Å²) in [5, 5.41) is 14.9. The van der Waals surface area contributed by atoms with Crippen molar-refractivity contribution in [2.24, 2.45) is 12.0 Å².